The molecule has 10 heteroatoms. The van der Waals surface area contributed by atoms with Gasteiger partial charge in [-0.2, -0.15) is 9.67 Å². The fourth-order valence-corrected chi connectivity index (χ4v) is 7.02. The van der Waals surface area contributed by atoms with E-state index in [0.29, 0.717) is 23.2 Å². The third kappa shape index (κ3) is 5.19. The molecule has 2 aliphatic carbocycles. The van der Waals surface area contributed by atoms with Crippen molar-refractivity contribution in [2.24, 2.45) is 0 Å². The smallest absolute Gasteiger partial charge is 0.248 e. The zero-order valence-corrected chi connectivity index (χ0v) is 24.1. The predicted molar refractivity (Wildman–Crippen MR) is 164 cm³/mol. The lowest BCUT2D eigenvalue weighted by Gasteiger charge is -2.40. The molecule has 7 rings (SSSR count). The summed E-state index contributed by atoms with van der Waals surface area (Å²) in [5.74, 6) is 0.711. The van der Waals surface area contributed by atoms with E-state index in [0.717, 1.165) is 68.1 Å². The van der Waals surface area contributed by atoms with Crippen molar-refractivity contribution in [2.75, 3.05) is 36.1 Å². The number of fused-ring (bicyclic) bond motifs is 3. The number of halogens is 1. The number of piperidine rings is 1. The molecule has 1 saturated heterocycles. The fourth-order valence-electron chi connectivity index (χ4n) is 7.02. The first-order valence-electron chi connectivity index (χ1n) is 15.2. The lowest BCUT2D eigenvalue weighted by molar-refractivity contribution is 0.150. The SMILES string of the molecule is CN(C1CCCC1)C1CCN(c2ccc(Nc3nc(N)n(-c4cc5c(nn4)-c4ccccc4CCC5)n3)cc2F)CC1. The quantitative estimate of drug-likeness (QED) is 0.314. The van der Waals surface area contributed by atoms with Gasteiger partial charge in [-0.1, -0.05) is 37.1 Å². The summed E-state index contributed by atoms with van der Waals surface area (Å²) in [6.45, 7) is 1.72. The topological polar surface area (TPSA) is 101 Å². The molecule has 0 atom stereocenters. The minimum Gasteiger partial charge on any atom is -0.369 e. The largest absolute Gasteiger partial charge is 0.369 e. The Morgan fingerprint density at radius 1 is 0.905 bits per heavy atom. The van der Waals surface area contributed by atoms with Crippen LogP contribution in [0.4, 0.5) is 27.7 Å². The fraction of sp³-hybridized carbons (Fsp3) is 0.438. The predicted octanol–water partition coefficient (Wildman–Crippen LogP) is 5.52. The minimum absolute atomic E-state index is 0.184. The summed E-state index contributed by atoms with van der Waals surface area (Å²) < 4.78 is 16.8. The van der Waals surface area contributed by atoms with E-state index in [1.165, 1.54) is 42.0 Å². The number of nitrogen functional groups attached to an aromatic ring is 1. The monoisotopic (exact) mass is 567 g/mol. The van der Waals surface area contributed by atoms with Crippen molar-refractivity contribution in [2.45, 2.75) is 69.9 Å². The number of aryl methyl sites for hydroxylation is 2. The average molecular weight is 568 g/mol. The molecule has 3 aliphatic rings. The van der Waals surface area contributed by atoms with E-state index in [9.17, 15) is 0 Å². The van der Waals surface area contributed by atoms with Crippen LogP contribution in [0.3, 0.4) is 0 Å². The second kappa shape index (κ2) is 11.3. The van der Waals surface area contributed by atoms with E-state index in [1.54, 1.807) is 0 Å². The highest BCUT2D eigenvalue weighted by Gasteiger charge is 2.29. The van der Waals surface area contributed by atoms with Crippen LogP contribution in [0.1, 0.15) is 56.1 Å². The summed E-state index contributed by atoms with van der Waals surface area (Å²) >= 11 is 0. The van der Waals surface area contributed by atoms with Crippen molar-refractivity contribution < 1.29 is 4.39 Å². The van der Waals surface area contributed by atoms with E-state index in [4.69, 9.17) is 5.73 Å². The summed E-state index contributed by atoms with van der Waals surface area (Å²) in [5, 5.41) is 16.6. The number of hydrogen-bond donors (Lipinski definition) is 2. The van der Waals surface area contributed by atoms with Gasteiger partial charge in [-0.05, 0) is 87.4 Å². The number of hydrogen-bond acceptors (Lipinski definition) is 8. The Morgan fingerprint density at radius 2 is 1.67 bits per heavy atom. The molecule has 0 radical (unpaired) electrons. The Balaban J connectivity index is 1.03. The normalized spacial score (nSPS) is 17.7. The third-order valence-electron chi connectivity index (χ3n) is 9.36. The molecule has 42 heavy (non-hydrogen) atoms. The molecule has 9 nitrogen and oxygen atoms in total. The van der Waals surface area contributed by atoms with Crippen LogP contribution < -0.4 is 16.0 Å². The Hall–Kier alpha value is -4.05. The van der Waals surface area contributed by atoms with Gasteiger partial charge in [0.25, 0.3) is 0 Å². The van der Waals surface area contributed by atoms with Crippen molar-refractivity contribution >= 4 is 23.3 Å². The zero-order valence-electron chi connectivity index (χ0n) is 24.1. The molecule has 2 fully saturated rings. The molecular formula is C32H38FN9. The number of nitrogens with zero attached hydrogens (tertiary/aromatic N) is 7. The van der Waals surface area contributed by atoms with Gasteiger partial charge in [0.2, 0.25) is 11.9 Å². The Kier molecular flexibility index (Phi) is 7.23. The van der Waals surface area contributed by atoms with Crippen LogP contribution in [-0.2, 0) is 12.8 Å². The Labute approximate surface area is 246 Å². The number of nitrogens with two attached hydrogens (primary N) is 1. The molecule has 1 saturated carbocycles. The highest BCUT2D eigenvalue weighted by atomic mass is 19.1. The molecular weight excluding hydrogens is 529 g/mol. The molecule has 3 N–H and O–H groups in total. The van der Waals surface area contributed by atoms with Gasteiger partial charge in [0.1, 0.15) is 5.82 Å². The maximum Gasteiger partial charge on any atom is 0.248 e. The van der Waals surface area contributed by atoms with Crippen LogP contribution in [0.25, 0.3) is 17.1 Å². The maximum absolute atomic E-state index is 15.3. The molecule has 218 valence electrons. The van der Waals surface area contributed by atoms with Crippen LogP contribution in [0.15, 0.2) is 48.5 Å². The van der Waals surface area contributed by atoms with Gasteiger partial charge in [-0.15, -0.1) is 15.3 Å². The number of aromatic nitrogens is 5. The van der Waals surface area contributed by atoms with Gasteiger partial charge in [0.15, 0.2) is 5.82 Å². The average Bonchev–Trinajstić information content (AvgIpc) is 3.63. The second-order valence-corrected chi connectivity index (χ2v) is 11.9. The molecule has 2 aromatic heterocycles. The number of nitrogens with one attached hydrogen (secondary N) is 1. The lowest BCUT2D eigenvalue weighted by atomic mass is 10.0. The number of benzene rings is 2. The number of anilines is 4. The standard InChI is InChI=1S/C32H38FN9/c1-40(24-10-3-4-11-24)25-15-17-41(18-16-25)28-14-13-23(20-27(28)33)35-32-36-31(34)42(39-32)29-19-22-9-6-8-21-7-2-5-12-26(21)30(22)38-37-29/h2,5,7,12-14,19-20,24-25H,3-4,6,8-11,15-18H2,1H3,(H3,34,35,36,39). The summed E-state index contributed by atoms with van der Waals surface area (Å²) in [5.41, 5.74) is 11.9. The molecule has 0 amide bonds. The first kappa shape index (κ1) is 26.8. The summed E-state index contributed by atoms with van der Waals surface area (Å²) in [6.07, 6.45) is 10.4. The van der Waals surface area contributed by atoms with E-state index in [1.807, 2.05) is 24.3 Å². The van der Waals surface area contributed by atoms with Gasteiger partial charge < -0.3 is 20.9 Å². The van der Waals surface area contributed by atoms with E-state index in [2.05, 4.69) is 60.6 Å². The highest BCUT2D eigenvalue weighted by Crippen LogP contribution is 2.33. The van der Waals surface area contributed by atoms with Crippen LogP contribution in [0.5, 0.6) is 0 Å². The van der Waals surface area contributed by atoms with Crippen LogP contribution in [0, 0.1) is 5.82 Å². The molecule has 3 heterocycles. The van der Waals surface area contributed by atoms with E-state index in [-0.39, 0.29) is 17.7 Å². The van der Waals surface area contributed by atoms with Gasteiger partial charge in [-0.3, -0.25) is 0 Å². The zero-order chi connectivity index (χ0) is 28.6. The molecule has 0 spiro atoms. The van der Waals surface area contributed by atoms with Crippen molar-refractivity contribution in [1.82, 2.24) is 29.9 Å². The van der Waals surface area contributed by atoms with Crippen molar-refractivity contribution in [1.29, 1.82) is 0 Å². The van der Waals surface area contributed by atoms with Crippen molar-refractivity contribution in [3.05, 3.63) is 65.5 Å². The van der Waals surface area contributed by atoms with E-state index >= 15 is 4.39 Å². The maximum atomic E-state index is 15.3. The first-order chi connectivity index (χ1) is 20.5. The first-order valence-corrected chi connectivity index (χ1v) is 15.2. The van der Waals surface area contributed by atoms with Gasteiger partial charge in [-0.25, -0.2) is 4.39 Å². The Morgan fingerprint density at radius 3 is 2.48 bits per heavy atom. The molecule has 4 aromatic rings. The third-order valence-corrected chi connectivity index (χ3v) is 9.36. The lowest BCUT2D eigenvalue weighted by Crippen LogP contribution is -2.46. The van der Waals surface area contributed by atoms with Gasteiger partial charge >= 0.3 is 0 Å². The second-order valence-electron chi connectivity index (χ2n) is 11.9. The van der Waals surface area contributed by atoms with Crippen molar-refractivity contribution in [3.8, 4) is 17.1 Å². The summed E-state index contributed by atoms with van der Waals surface area (Å²) in [7, 11) is 2.28. The molecule has 1 aliphatic heterocycles. The minimum atomic E-state index is -0.257. The van der Waals surface area contributed by atoms with Crippen LogP contribution in [0.2, 0.25) is 0 Å². The van der Waals surface area contributed by atoms with Crippen LogP contribution >= 0.6 is 0 Å². The van der Waals surface area contributed by atoms with Gasteiger partial charge in [0, 0.05) is 36.4 Å². The molecule has 0 unspecified atom stereocenters. The Bertz CT molecular complexity index is 1570. The molecule has 2 aromatic carbocycles. The molecule has 0 bridgehead atoms. The summed E-state index contributed by atoms with van der Waals surface area (Å²) in [4.78, 5) is 9.11. The van der Waals surface area contributed by atoms with Crippen LogP contribution in [-0.4, -0.2) is 62.1 Å². The highest BCUT2D eigenvalue weighted by molar-refractivity contribution is 5.68. The van der Waals surface area contributed by atoms with Gasteiger partial charge in [0.05, 0.1) is 11.4 Å². The number of rotatable bonds is 6. The summed E-state index contributed by atoms with van der Waals surface area (Å²) in [6, 6.07) is 16.9. The van der Waals surface area contributed by atoms with Crippen molar-refractivity contribution in [3.63, 3.8) is 0 Å². The van der Waals surface area contributed by atoms with E-state index < -0.39 is 0 Å².